The van der Waals surface area contributed by atoms with E-state index in [2.05, 4.69) is 25.1 Å². The third kappa shape index (κ3) is 2.96. The molecule has 106 valence electrons. The average molecular weight is 281 g/mol. The lowest BCUT2D eigenvalue weighted by Gasteiger charge is -2.44. The van der Waals surface area contributed by atoms with E-state index >= 15 is 0 Å². The van der Waals surface area contributed by atoms with Crippen LogP contribution >= 0.6 is 11.6 Å². The lowest BCUT2D eigenvalue weighted by molar-refractivity contribution is 0.0969. The molecule has 2 N–H and O–H groups in total. The molecule has 2 rings (SSSR count). The maximum atomic E-state index is 6.65. The molecule has 0 aliphatic heterocycles. The Morgan fingerprint density at radius 2 is 1.68 bits per heavy atom. The number of rotatable bonds is 3. The summed E-state index contributed by atoms with van der Waals surface area (Å²) < 4.78 is 0. The van der Waals surface area contributed by atoms with Gasteiger partial charge < -0.3 is 10.6 Å². The monoisotopic (exact) mass is 280 g/mol. The van der Waals surface area contributed by atoms with Crippen molar-refractivity contribution in [3.05, 3.63) is 34.9 Å². The number of benzene rings is 1. The van der Waals surface area contributed by atoms with Gasteiger partial charge >= 0.3 is 0 Å². The highest BCUT2D eigenvalue weighted by Crippen LogP contribution is 2.41. The molecule has 2 nitrogen and oxygen atoms in total. The molecule has 0 amide bonds. The zero-order valence-corrected chi connectivity index (χ0v) is 12.8. The highest BCUT2D eigenvalue weighted by atomic mass is 35.5. The van der Waals surface area contributed by atoms with Gasteiger partial charge in [0.1, 0.15) is 0 Å². The molecule has 1 aliphatic rings. The third-order valence-corrected chi connectivity index (χ3v) is 5.02. The molecule has 1 saturated carbocycles. The van der Waals surface area contributed by atoms with E-state index in [9.17, 15) is 0 Å². The molecule has 1 atom stereocenters. The molecule has 1 aromatic carbocycles. The van der Waals surface area contributed by atoms with E-state index < -0.39 is 0 Å². The van der Waals surface area contributed by atoms with Crippen LogP contribution in [0.3, 0.4) is 0 Å². The molecule has 1 fully saturated rings. The Morgan fingerprint density at radius 3 is 2.21 bits per heavy atom. The lowest BCUT2D eigenvalue weighted by Crippen LogP contribution is -2.52. The van der Waals surface area contributed by atoms with Gasteiger partial charge in [0.25, 0.3) is 0 Å². The zero-order chi connectivity index (χ0) is 13.9. The fourth-order valence-corrected chi connectivity index (χ4v) is 3.65. The van der Waals surface area contributed by atoms with Gasteiger partial charge in [-0.25, -0.2) is 0 Å². The van der Waals surface area contributed by atoms with Crippen LogP contribution in [0.4, 0.5) is 0 Å². The molecule has 0 aromatic heterocycles. The Bertz CT molecular complexity index is 409. The van der Waals surface area contributed by atoms with Gasteiger partial charge in [0.05, 0.1) is 0 Å². The molecule has 19 heavy (non-hydrogen) atoms. The quantitative estimate of drug-likeness (QED) is 0.848. The Balaban J connectivity index is 2.35. The fourth-order valence-electron chi connectivity index (χ4n) is 3.39. The summed E-state index contributed by atoms with van der Waals surface area (Å²) in [4.78, 5) is 2.33. The van der Waals surface area contributed by atoms with Crippen LogP contribution < -0.4 is 5.73 Å². The van der Waals surface area contributed by atoms with Crippen LogP contribution in [-0.4, -0.2) is 24.5 Å². The van der Waals surface area contributed by atoms with Crippen molar-refractivity contribution >= 4 is 11.6 Å². The van der Waals surface area contributed by atoms with Crippen LogP contribution in [0.5, 0.6) is 0 Å². The molecular formula is C16H25ClN2. The van der Waals surface area contributed by atoms with Gasteiger partial charge in [-0.15, -0.1) is 0 Å². The van der Waals surface area contributed by atoms with E-state index in [0.717, 1.165) is 23.4 Å². The first-order valence-electron chi connectivity index (χ1n) is 7.25. The highest BCUT2D eigenvalue weighted by molar-refractivity contribution is 6.31. The predicted octanol–water partition coefficient (Wildman–Crippen LogP) is 3.99. The van der Waals surface area contributed by atoms with E-state index in [0.29, 0.717) is 0 Å². The summed E-state index contributed by atoms with van der Waals surface area (Å²) in [6.07, 6.45) is 7.49. The zero-order valence-electron chi connectivity index (χ0n) is 12.0. The Hall–Kier alpha value is -0.570. The van der Waals surface area contributed by atoms with E-state index in [1.165, 1.54) is 25.7 Å². The van der Waals surface area contributed by atoms with Crippen LogP contribution in [-0.2, 0) is 0 Å². The maximum absolute atomic E-state index is 6.65. The Morgan fingerprint density at radius 1 is 1.11 bits per heavy atom. The normalized spacial score (nSPS) is 21.1. The number of hydrogen-bond acceptors (Lipinski definition) is 2. The molecular weight excluding hydrogens is 256 g/mol. The standard InChI is InChI=1S/C16H25ClN2/c1-19(2)16(11-7-3-4-8-12-16)15(18)13-9-5-6-10-14(13)17/h5-6,9-10,15H,3-4,7-8,11-12,18H2,1-2H3. The molecule has 0 bridgehead atoms. The number of nitrogens with zero attached hydrogens (tertiary/aromatic N) is 1. The molecule has 1 unspecified atom stereocenters. The molecule has 3 heteroatoms. The lowest BCUT2D eigenvalue weighted by atomic mass is 9.78. The predicted molar refractivity (Wildman–Crippen MR) is 82.5 cm³/mol. The summed E-state index contributed by atoms with van der Waals surface area (Å²) in [6.45, 7) is 0. The van der Waals surface area contributed by atoms with Gasteiger partial charge in [-0.2, -0.15) is 0 Å². The van der Waals surface area contributed by atoms with Crippen molar-refractivity contribution in [2.24, 2.45) is 5.73 Å². The SMILES string of the molecule is CN(C)C1(C(N)c2ccccc2Cl)CCCCCC1. The topological polar surface area (TPSA) is 29.3 Å². The molecule has 0 heterocycles. The van der Waals surface area contributed by atoms with Crippen LogP contribution in [0, 0.1) is 0 Å². The number of nitrogens with two attached hydrogens (primary N) is 1. The second-order valence-electron chi connectivity index (χ2n) is 5.91. The van der Waals surface area contributed by atoms with E-state index in [1.807, 2.05) is 18.2 Å². The second-order valence-corrected chi connectivity index (χ2v) is 6.32. The van der Waals surface area contributed by atoms with Gasteiger partial charge in [-0.3, -0.25) is 0 Å². The third-order valence-electron chi connectivity index (χ3n) is 4.68. The Labute approximate surface area is 121 Å². The van der Waals surface area contributed by atoms with Crippen molar-refractivity contribution < 1.29 is 0 Å². The maximum Gasteiger partial charge on any atom is 0.0496 e. The smallest absolute Gasteiger partial charge is 0.0496 e. The van der Waals surface area contributed by atoms with Gasteiger partial charge in [0.2, 0.25) is 0 Å². The molecule has 0 spiro atoms. The van der Waals surface area contributed by atoms with Gasteiger partial charge in [0.15, 0.2) is 0 Å². The van der Waals surface area contributed by atoms with Crippen molar-refractivity contribution in [1.29, 1.82) is 0 Å². The Kier molecular flexibility index (Phi) is 4.88. The van der Waals surface area contributed by atoms with E-state index in [-0.39, 0.29) is 11.6 Å². The highest BCUT2D eigenvalue weighted by Gasteiger charge is 2.40. The number of halogens is 1. The summed E-state index contributed by atoms with van der Waals surface area (Å²) in [6, 6.07) is 7.99. The van der Waals surface area contributed by atoms with Crippen LogP contribution in [0.1, 0.15) is 50.1 Å². The van der Waals surface area contributed by atoms with Gasteiger partial charge in [0, 0.05) is 16.6 Å². The van der Waals surface area contributed by atoms with Gasteiger partial charge in [-0.1, -0.05) is 55.5 Å². The minimum Gasteiger partial charge on any atom is -0.322 e. The summed E-state index contributed by atoms with van der Waals surface area (Å²) in [5.74, 6) is 0. The number of likely N-dealkylation sites (N-methyl/N-ethyl adjacent to an activating group) is 1. The second kappa shape index (κ2) is 6.25. The minimum atomic E-state index is -0.0192. The van der Waals surface area contributed by atoms with Crippen molar-refractivity contribution in [3.8, 4) is 0 Å². The fraction of sp³-hybridized carbons (Fsp3) is 0.625. The first kappa shape index (κ1) is 14.8. The molecule has 0 radical (unpaired) electrons. The van der Waals surface area contributed by atoms with Crippen molar-refractivity contribution in [3.63, 3.8) is 0 Å². The molecule has 1 aliphatic carbocycles. The summed E-state index contributed by atoms with van der Waals surface area (Å²) in [5.41, 5.74) is 7.78. The van der Waals surface area contributed by atoms with Crippen LogP contribution in [0.15, 0.2) is 24.3 Å². The van der Waals surface area contributed by atoms with Crippen molar-refractivity contribution in [1.82, 2.24) is 4.90 Å². The number of hydrogen-bond donors (Lipinski definition) is 1. The first-order chi connectivity index (χ1) is 9.08. The van der Waals surface area contributed by atoms with Crippen molar-refractivity contribution in [2.45, 2.75) is 50.1 Å². The van der Waals surface area contributed by atoms with Crippen molar-refractivity contribution in [2.75, 3.05) is 14.1 Å². The molecule has 1 aromatic rings. The van der Waals surface area contributed by atoms with Crippen LogP contribution in [0.2, 0.25) is 5.02 Å². The van der Waals surface area contributed by atoms with E-state index in [4.69, 9.17) is 17.3 Å². The largest absolute Gasteiger partial charge is 0.322 e. The minimum absolute atomic E-state index is 0.0192. The first-order valence-corrected chi connectivity index (χ1v) is 7.63. The summed E-state index contributed by atoms with van der Waals surface area (Å²) in [7, 11) is 4.31. The van der Waals surface area contributed by atoms with Gasteiger partial charge in [-0.05, 0) is 38.6 Å². The average Bonchev–Trinajstić information content (AvgIpc) is 2.65. The molecule has 0 saturated heterocycles. The summed E-state index contributed by atoms with van der Waals surface area (Å²) in [5, 5.41) is 0.792. The van der Waals surface area contributed by atoms with E-state index in [1.54, 1.807) is 0 Å². The summed E-state index contributed by atoms with van der Waals surface area (Å²) >= 11 is 6.35. The van der Waals surface area contributed by atoms with Crippen LogP contribution in [0.25, 0.3) is 0 Å².